The molecule has 1 aromatic rings. The summed E-state index contributed by atoms with van der Waals surface area (Å²) in [6.45, 7) is 1.93. The summed E-state index contributed by atoms with van der Waals surface area (Å²) in [7, 11) is 0. The van der Waals surface area contributed by atoms with Crippen molar-refractivity contribution in [1.82, 2.24) is 14.9 Å². The van der Waals surface area contributed by atoms with Gasteiger partial charge in [0.05, 0.1) is 6.42 Å². The van der Waals surface area contributed by atoms with Gasteiger partial charge in [-0.1, -0.05) is 18.7 Å². The number of aryl methyl sites for hydroxylation is 1. The monoisotopic (exact) mass is 216 g/mol. The first-order valence-corrected chi connectivity index (χ1v) is 5.17. The number of carboxylic acid groups (broad SMARTS) is 1. The van der Waals surface area contributed by atoms with Crippen LogP contribution in [0.2, 0.25) is 0 Å². The Morgan fingerprint density at radius 1 is 1.64 bits per heavy atom. The summed E-state index contributed by atoms with van der Waals surface area (Å²) in [5.74, 6) is 5.98. The third kappa shape index (κ3) is 2.63. The van der Waals surface area contributed by atoms with Crippen LogP contribution < -0.4 is 5.84 Å². The molecule has 1 rings (SSSR count). The number of aliphatic carboxylic acids is 1. The largest absolute Gasteiger partial charge is 0.481 e. The van der Waals surface area contributed by atoms with Gasteiger partial charge in [-0.2, -0.15) is 0 Å². The number of hydrogen-bond acceptors (Lipinski definition) is 5. The summed E-state index contributed by atoms with van der Waals surface area (Å²) in [6.07, 6.45) is 0.808. The fourth-order valence-electron chi connectivity index (χ4n) is 0.876. The van der Waals surface area contributed by atoms with Crippen molar-refractivity contribution in [2.75, 3.05) is 11.6 Å². The number of hydrogen-bond donors (Lipinski definition) is 2. The summed E-state index contributed by atoms with van der Waals surface area (Å²) in [4.78, 5) is 10.2. The third-order valence-corrected chi connectivity index (χ3v) is 2.54. The lowest BCUT2D eigenvalue weighted by molar-refractivity contribution is -0.136. The van der Waals surface area contributed by atoms with Gasteiger partial charge in [0.2, 0.25) is 5.16 Å². The van der Waals surface area contributed by atoms with Crippen LogP contribution in [0.1, 0.15) is 19.2 Å². The number of thioether (sulfide) groups is 1. The normalized spacial score (nSPS) is 10.4. The Labute approximate surface area is 85.5 Å². The standard InChI is InChI=1S/C7H12N4O2S/c1-2-5-9-10-7(11(5)8)14-4-3-6(12)13/h2-4,8H2,1H3,(H,12,13). The zero-order valence-electron chi connectivity index (χ0n) is 7.80. The number of nitrogen functional groups attached to an aromatic ring is 1. The van der Waals surface area contributed by atoms with Crippen LogP contribution in [-0.4, -0.2) is 31.7 Å². The smallest absolute Gasteiger partial charge is 0.304 e. The molecule has 0 spiro atoms. The quantitative estimate of drug-likeness (QED) is 0.536. The maximum atomic E-state index is 10.2. The van der Waals surface area contributed by atoms with Crippen LogP contribution in [0.15, 0.2) is 5.16 Å². The molecule has 1 aromatic heterocycles. The zero-order chi connectivity index (χ0) is 10.6. The molecule has 0 saturated carbocycles. The summed E-state index contributed by atoms with van der Waals surface area (Å²) in [6, 6.07) is 0. The van der Waals surface area contributed by atoms with Gasteiger partial charge in [-0.15, -0.1) is 10.2 Å². The van der Waals surface area contributed by atoms with E-state index in [4.69, 9.17) is 10.9 Å². The molecule has 1 heterocycles. The summed E-state index contributed by atoms with van der Waals surface area (Å²) in [5, 5.41) is 16.7. The second-order valence-corrected chi connectivity index (χ2v) is 3.68. The van der Waals surface area contributed by atoms with Crippen molar-refractivity contribution in [3.8, 4) is 0 Å². The molecule has 0 radical (unpaired) electrons. The topological polar surface area (TPSA) is 94.0 Å². The Hall–Kier alpha value is -1.24. The van der Waals surface area contributed by atoms with Crippen LogP contribution in [0.4, 0.5) is 0 Å². The molecule has 7 heteroatoms. The fourth-order valence-corrected chi connectivity index (χ4v) is 1.68. The summed E-state index contributed by atoms with van der Waals surface area (Å²) >= 11 is 1.30. The number of nitrogens with two attached hydrogens (primary N) is 1. The Kier molecular flexibility index (Phi) is 3.75. The highest BCUT2D eigenvalue weighted by atomic mass is 32.2. The first-order chi connectivity index (χ1) is 6.65. The van der Waals surface area contributed by atoms with Crippen molar-refractivity contribution in [2.24, 2.45) is 0 Å². The fraction of sp³-hybridized carbons (Fsp3) is 0.571. The minimum absolute atomic E-state index is 0.0962. The van der Waals surface area contributed by atoms with Gasteiger partial charge in [-0.05, 0) is 0 Å². The van der Waals surface area contributed by atoms with Gasteiger partial charge in [0.15, 0.2) is 5.82 Å². The Morgan fingerprint density at radius 2 is 2.36 bits per heavy atom. The third-order valence-electron chi connectivity index (χ3n) is 1.60. The van der Waals surface area contributed by atoms with E-state index in [1.807, 2.05) is 6.92 Å². The molecule has 0 aliphatic heterocycles. The lowest BCUT2D eigenvalue weighted by Gasteiger charge is -2.00. The van der Waals surface area contributed by atoms with E-state index in [1.54, 1.807) is 0 Å². The maximum absolute atomic E-state index is 10.2. The SMILES string of the molecule is CCc1nnc(SCCC(=O)O)n1N. The van der Waals surface area contributed by atoms with Crippen molar-refractivity contribution >= 4 is 17.7 Å². The molecular formula is C7H12N4O2S. The number of nitrogens with zero attached hydrogens (tertiary/aromatic N) is 3. The highest BCUT2D eigenvalue weighted by molar-refractivity contribution is 7.99. The first kappa shape index (κ1) is 10.8. The molecular weight excluding hydrogens is 204 g/mol. The molecule has 78 valence electrons. The van der Waals surface area contributed by atoms with Crippen LogP contribution >= 0.6 is 11.8 Å². The van der Waals surface area contributed by atoms with E-state index in [2.05, 4.69) is 10.2 Å². The lowest BCUT2D eigenvalue weighted by atomic mass is 10.5. The minimum atomic E-state index is -0.823. The van der Waals surface area contributed by atoms with Gasteiger partial charge in [0.1, 0.15) is 0 Å². The average Bonchev–Trinajstić information content (AvgIpc) is 2.47. The van der Waals surface area contributed by atoms with E-state index in [0.717, 1.165) is 0 Å². The van der Waals surface area contributed by atoms with Crippen LogP contribution in [0.25, 0.3) is 0 Å². The predicted octanol–water partition coefficient (Wildman–Crippen LogP) is 0.121. The minimum Gasteiger partial charge on any atom is -0.481 e. The van der Waals surface area contributed by atoms with Crippen molar-refractivity contribution in [2.45, 2.75) is 24.9 Å². The molecule has 0 bridgehead atoms. The van der Waals surface area contributed by atoms with Crippen LogP contribution in [-0.2, 0) is 11.2 Å². The van der Waals surface area contributed by atoms with E-state index in [0.29, 0.717) is 23.2 Å². The molecule has 0 aliphatic carbocycles. The van der Waals surface area contributed by atoms with Gasteiger partial charge in [-0.25, -0.2) is 4.68 Å². The first-order valence-electron chi connectivity index (χ1n) is 4.19. The van der Waals surface area contributed by atoms with Gasteiger partial charge < -0.3 is 10.9 Å². The number of carbonyl (C=O) groups is 1. The van der Waals surface area contributed by atoms with Crippen LogP contribution in [0.3, 0.4) is 0 Å². The van der Waals surface area contributed by atoms with Gasteiger partial charge in [0, 0.05) is 12.2 Å². The van der Waals surface area contributed by atoms with Crippen molar-refractivity contribution in [3.05, 3.63) is 5.82 Å². The molecule has 3 N–H and O–H groups in total. The van der Waals surface area contributed by atoms with E-state index in [1.165, 1.54) is 16.4 Å². The molecule has 0 unspecified atom stereocenters. The lowest BCUT2D eigenvalue weighted by Crippen LogP contribution is -2.13. The Morgan fingerprint density at radius 3 is 2.86 bits per heavy atom. The highest BCUT2D eigenvalue weighted by Gasteiger charge is 2.08. The number of aromatic nitrogens is 3. The molecule has 0 aliphatic rings. The molecule has 0 atom stereocenters. The molecule has 0 saturated heterocycles. The summed E-state index contributed by atoms with van der Waals surface area (Å²) in [5.41, 5.74) is 0. The molecule has 0 aromatic carbocycles. The van der Waals surface area contributed by atoms with E-state index in [-0.39, 0.29) is 6.42 Å². The summed E-state index contributed by atoms with van der Waals surface area (Å²) < 4.78 is 1.40. The Balaban J connectivity index is 2.50. The van der Waals surface area contributed by atoms with E-state index in [9.17, 15) is 4.79 Å². The maximum Gasteiger partial charge on any atom is 0.304 e. The molecule has 14 heavy (non-hydrogen) atoms. The van der Waals surface area contributed by atoms with Gasteiger partial charge >= 0.3 is 5.97 Å². The van der Waals surface area contributed by atoms with E-state index < -0.39 is 5.97 Å². The van der Waals surface area contributed by atoms with Gasteiger partial charge in [-0.3, -0.25) is 4.79 Å². The molecule has 6 nitrogen and oxygen atoms in total. The van der Waals surface area contributed by atoms with Crippen molar-refractivity contribution in [3.63, 3.8) is 0 Å². The van der Waals surface area contributed by atoms with Gasteiger partial charge in [0.25, 0.3) is 0 Å². The second-order valence-electron chi connectivity index (χ2n) is 2.61. The molecule has 0 fully saturated rings. The number of rotatable bonds is 5. The highest BCUT2D eigenvalue weighted by Crippen LogP contribution is 2.15. The van der Waals surface area contributed by atoms with Crippen LogP contribution in [0.5, 0.6) is 0 Å². The number of carboxylic acids is 1. The van der Waals surface area contributed by atoms with Crippen LogP contribution in [0, 0.1) is 0 Å². The zero-order valence-corrected chi connectivity index (χ0v) is 8.62. The second kappa shape index (κ2) is 4.85. The van der Waals surface area contributed by atoms with Crippen molar-refractivity contribution < 1.29 is 9.90 Å². The van der Waals surface area contributed by atoms with E-state index >= 15 is 0 Å². The predicted molar refractivity (Wildman–Crippen MR) is 52.5 cm³/mol. The van der Waals surface area contributed by atoms with Crippen molar-refractivity contribution in [1.29, 1.82) is 0 Å². The average molecular weight is 216 g/mol. The Bertz CT molecular complexity index is 325. The molecule has 0 amide bonds.